The minimum atomic E-state index is -0.485. The molecule has 0 bridgehead atoms. The number of para-hydroxylation sites is 1. The Kier molecular flexibility index (Phi) is 4.42. The topological polar surface area (TPSA) is 123 Å². The van der Waals surface area contributed by atoms with E-state index in [-0.39, 0.29) is 17.9 Å². The summed E-state index contributed by atoms with van der Waals surface area (Å²) >= 11 is 0. The monoisotopic (exact) mass is 287 g/mol. The number of nitrogens with zero attached hydrogens (tertiary/aromatic N) is 2. The predicted octanol–water partition coefficient (Wildman–Crippen LogP) is 1.21. The first-order chi connectivity index (χ1) is 10.1. The number of nitrogen functional groups attached to an aromatic ring is 1. The van der Waals surface area contributed by atoms with E-state index in [0.717, 1.165) is 0 Å². The van der Waals surface area contributed by atoms with E-state index < -0.39 is 10.8 Å². The van der Waals surface area contributed by atoms with Gasteiger partial charge in [0.2, 0.25) is 0 Å². The molecule has 2 rings (SSSR count). The predicted molar refractivity (Wildman–Crippen MR) is 76.3 cm³/mol. The van der Waals surface area contributed by atoms with Crippen LogP contribution in [0, 0.1) is 10.1 Å². The number of carbonyl (C=O) groups is 1. The fourth-order valence-electron chi connectivity index (χ4n) is 1.72. The summed E-state index contributed by atoms with van der Waals surface area (Å²) in [6, 6.07) is 9.34. The maximum atomic E-state index is 11.9. The van der Waals surface area contributed by atoms with Gasteiger partial charge in [-0.3, -0.25) is 20.8 Å². The van der Waals surface area contributed by atoms with E-state index in [1.165, 1.54) is 18.3 Å². The molecule has 2 aromatic rings. The molecule has 8 heteroatoms. The molecule has 8 nitrogen and oxygen atoms in total. The molecule has 1 aromatic heterocycles. The third kappa shape index (κ3) is 3.51. The van der Waals surface area contributed by atoms with Crippen molar-refractivity contribution >= 4 is 17.3 Å². The summed E-state index contributed by atoms with van der Waals surface area (Å²) in [7, 11) is 0. The highest BCUT2D eigenvalue weighted by Crippen LogP contribution is 2.17. The second kappa shape index (κ2) is 6.44. The number of hydrogen-bond acceptors (Lipinski definition) is 6. The molecular formula is C13H13N5O3. The van der Waals surface area contributed by atoms with Crippen LogP contribution in [0.3, 0.4) is 0 Å². The first-order valence-electron chi connectivity index (χ1n) is 6.05. The highest BCUT2D eigenvalue weighted by atomic mass is 16.6. The number of aromatic nitrogens is 1. The number of nitrogens with one attached hydrogen (secondary N) is 2. The molecule has 0 aliphatic carbocycles. The maximum absolute atomic E-state index is 11.9. The quantitative estimate of drug-likeness (QED) is 0.431. The number of hydrazine groups is 1. The van der Waals surface area contributed by atoms with E-state index in [0.29, 0.717) is 11.3 Å². The fourth-order valence-corrected chi connectivity index (χ4v) is 1.72. The standard InChI is InChI=1S/C13H13N5O3/c14-17-10-5-6-11(15-8-10)13(19)16-7-9-3-1-2-4-12(9)18(20)21/h1-6,8,17H,7,14H2,(H,16,19). The summed E-state index contributed by atoms with van der Waals surface area (Å²) in [4.78, 5) is 26.2. The van der Waals surface area contributed by atoms with Crippen molar-refractivity contribution in [1.29, 1.82) is 0 Å². The van der Waals surface area contributed by atoms with Gasteiger partial charge in [-0.25, -0.2) is 4.98 Å². The number of rotatable bonds is 5. The van der Waals surface area contributed by atoms with E-state index in [1.807, 2.05) is 0 Å². The van der Waals surface area contributed by atoms with Crippen molar-refractivity contribution in [1.82, 2.24) is 10.3 Å². The highest BCUT2D eigenvalue weighted by Gasteiger charge is 2.14. The lowest BCUT2D eigenvalue weighted by Gasteiger charge is -2.06. The Morgan fingerprint density at radius 2 is 2.05 bits per heavy atom. The minimum Gasteiger partial charge on any atom is -0.346 e. The lowest BCUT2D eigenvalue weighted by Crippen LogP contribution is -2.24. The van der Waals surface area contributed by atoms with Gasteiger partial charge in [0.15, 0.2) is 0 Å². The third-order valence-electron chi connectivity index (χ3n) is 2.79. The van der Waals surface area contributed by atoms with Crippen LogP contribution >= 0.6 is 0 Å². The van der Waals surface area contributed by atoms with Crippen LogP contribution in [0.4, 0.5) is 11.4 Å². The number of amides is 1. The van der Waals surface area contributed by atoms with Crippen LogP contribution in [0.2, 0.25) is 0 Å². The Morgan fingerprint density at radius 3 is 2.67 bits per heavy atom. The van der Waals surface area contributed by atoms with E-state index in [2.05, 4.69) is 15.7 Å². The molecule has 0 aliphatic heterocycles. The number of nitro groups is 1. The van der Waals surface area contributed by atoms with Crippen LogP contribution in [-0.4, -0.2) is 15.8 Å². The van der Waals surface area contributed by atoms with E-state index in [4.69, 9.17) is 5.84 Å². The van der Waals surface area contributed by atoms with Gasteiger partial charge >= 0.3 is 0 Å². The van der Waals surface area contributed by atoms with Gasteiger partial charge in [-0.2, -0.15) is 0 Å². The van der Waals surface area contributed by atoms with E-state index in [1.54, 1.807) is 24.3 Å². The summed E-state index contributed by atoms with van der Waals surface area (Å²) in [5.74, 6) is 4.78. The number of anilines is 1. The lowest BCUT2D eigenvalue weighted by molar-refractivity contribution is -0.385. The van der Waals surface area contributed by atoms with Gasteiger partial charge in [-0.1, -0.05) is 18.2 Å². The highest BCUT2D eigenvalue weighted by molar-refractivity contribution is 5.92. The summed E-state index contributed by atoms with van der Waals surface area (Å²) in [5, 5.41) is 13.5. The molecule has 4 N–H and O–H groups in total. The number of pyridine rings is 1. The fraction of sp³-hybridized carbons (Fsp3) is 0.0769. The minimum absolute atomic E-state index is 0.0339. The summed E-state index contributed by atoms with van der Waals surface area (Å²) in [6.07, 6.45) is 1.42. The normalized spacial score (nSPS) is 9.95. The second-order valence-corrected chi connectivity index (χ2v) is 4.14. The van der Waals surface area contributed by atoms with Gasteiger partial charge in [0.25, 0.3) is 11.6 Å². The average molecular weight is 287 g/mol. The molecule has 108 valence electrons. The molecule has 1 amide bonds. The van der Waals surface area contributed by atoms with Crippen molar-refractivity contribution in [3.05, 3.63) is 64.0 Å². The zero-order chi connectivity index (χ0) is 15.2. The Labute approximate surface area is 120 Å². The maximum Gasteiger partial charge on any atom is 0.274 e. The van der Waals surface area contributed by atoms with Crippen molar-refractivity contribution in [3.8, 4) is 0 Å². The van der Waals surface area contributed by atoms with Crippen LogP contribution in [0.15, 0.2) is 42.6 Å². The largest absolute Gasteiger partial charge is 0.346 e. The molecular weight excluding hydrogens is 274 g/mol. The van der Waals surface area contributed by atoms with E-state index >= 15 is 0 Å². The Morgan fingerprint density at radius 1 is 1.29 bits per heavy atom. The summed E-state index contributed by atoms with van der Waals surface area (Å²) in [6.45, 7) is 0.0502. The van der Waals surface area contributed by atoms with Gasteiger partial charge in [0, 0.05) is 18.2 Å². The van der Waals surface area contributed by atoms with Gasteiger partial charge in [0.05, 0.1) is 16.8 Å². The van der Waals surface area contributed by atoms with Crippen molar-refractivity contribution in [3.63, 3.8) is 0 Å². The molecule has 0 saturated carbocycles. The first-order valence-corrected chi connectivity index (χ1v) is 6.05. The Bertz CT molecular complexity index is 657. The molecule has 1 aromatic carbocycles. The molecule has 0 fully saturated rings. The molecule has 0 aliphatic rings. The molecule has 1 heterocycles. The molecule has 0 radical (unpaired) electrons. The smallest absolute Gasteiger partial charge is 0.274 e. The summed E-state index contributed by atoms with van der Waals surface area (Å²) in [5.41, 5.74) is 3.57. The second-order valence-electron chi connectivity index (χ2n) is 4.14. The van der Waals surface area contributed by atoms with Crippen molar-refractivity contribution in [2.24, 2.45) is 5.84 Å². The number of carbonyl (C=O) groups excluding carboxylic acids is 1. The zero-order valence-electron chi connectivity index (χ0n) is 10.9. The van der Waals surface area contributed by atoms with Crippen molar-refractivity contribution in [2.75, 3.05) is 5.43 Å². The Hall–Kier alpha value is -3.00. The number of benzene rings is 1. The zero-order valence-corrected chi connectivity index (χ0v) is 10.9. The SMILES string of the molecule is NNc1ccc(C(=O)NCc2ccccc2[N+](=O)[O-])nc1. The van der Waals surface area contributed by atoms with Crippen LogP contribution in [0.5, 0.6) is 0 Å². The molecule has 0 atom stereocenters. The lowest BCUT2D eigenvalue weighted by atomic mass is 10.2. The van der Waals surface area contributed by atoms with Crippen LogP contribution in [0.1, 0.15) is 16.1 Å². The van der Waals surface area contributed by atoms with Gasteiger partial charge in [0.1, 0.15) is 5.69 Å². The van der Waals surface area contributed by atoms with Gasteiger partial charge < -0.3 is 10.7 Å². The first kappa shape index (κ1) is 14.4. The average Bonchev–Trinajstić information content (AvgIpc) is 2.52. The van der Waals surface area contributed by atoms with Gasteiger partial charge in [-0.15, -0.1) is 0 Å². The van der Waals surface area contributed by atoms with E-state index in [9.17, 15) is 14.9 Å². The van der Waals surface area contributed by atoms with Crippen LogP contribution in [-0.2, 0) is 6.54 Å². The molecule has 0 saturated heterocycles. The number of nitro benzene ring substituents is 1. The van der Waals surface area contributed by atoms with Gasteiger partial charge in [-0.05, 0) is 12.1 Å². The molecule has 0 unspecified atom stereocenters. The van der Waals surface area contributed by atoms with Crippen LogP contribution in [0.25, 0.3) is 0 Å². The molecule has 21 heavy (non-hydrogen) atoms. The van der Waals surface area contributed by atoms with Crippen LogP contribution < -0.4 is 16.6 Å². The van der Waals surface area contributed by atoms with Crippen molar-refractivity contribution < 1.29 is 9.72 Å². The summed E-state index contributed by atoms with van der Waals surface area (Å²) < 4.78 is 0. The third-order valence-corrected chi connectivity index (χ3v) is 2.79. The number of nitrogens with two attached hydrogens (primary N) is 1. The Balaban J connectivity index is 2.05. The van der Waals surface area contributed by atoms with Crippen molar-refractivity contribution in [2.45, 2.75) is 6.54 Å². The molecule has 0 spiro atoms. The number of hydrogen-bond donors (Lipinski definition) is 3.